The Morgan fingerprint density at radius 1 is 1.45 bits per heavy atom. The maximum Gasteiger partial charge on any atom is 0.239 e. The van der Waals surface area contributed by atoms with Crippen LogP contribution in [0.25, 0.3) is 0 Å². The Balaban J connectivity index is 2.81. The van der Waals surface area contributed by atoms with Crippen LogP contribution in [0.15, 0.2) is 48.0 Å². The van der Waals surface area contributed by atoms with E-state index < -0.39 is 10.8 Å². The summed E-state index contributed by atoms with van der Waals surface area (Å²) in [6, 6.07) is 7.98. The van der Waals surface area contributed by atoms with Gasteiger partial charge < -0.3 is 4.90 Å². The number of amides is 1. The van der Waals surface area contributed by atoms with Crippen LogP contribution in [-0.2, 0) is 10.2 Å². The predicted molar refractivity (Wildman–Crippen MR) is 92.6 cm³/mol. The molecule has 0 aliphatic carbocycles. The third kappa shape index (κ3) is 2.12. The molecular formula is C18H19BrN2O. The summed E-state index contributed by atoms with van der Waals surface area (Å²) in [6.07, 6.45) is 3.59. The van der Waals surface area contributed by atoms with Crippen LogP contribution >= 0.6 is 15.9 Å². The van der Waals surface area contributed by atoms with Crippen LogP contribution in [0.5, 0.6) is 0 Å². The molecule has 2 rings (SSSR count). The molecule has 1 amide bonds. The first kappa shape index (κ1) is 16.5. The molecule has 22 heavy (non-hydrogen) atoms. The average Bonchev–Trinajstić information content (AvgIpc) is 2.71. The highest BCUT2D eigenvalue weighted by Crippen LogP contribution is 2.54. The second kappa shape index (κ2) is 5.73. The van der Waals surface area contributed by atoms with E-state index in [2.05, 4.69) is 35.2 Å². The van der Waals surface area contributed by atoms with E-state index in [1.165, 1.54) is 0 Å². The van der Waals surface area contributed by atoms with E-state index in [0.717, 1.165) is 15.7 Å². The molecule has 1 aliphatic rings. The summed E-state index contributed by atoms with van der Waals surface area (Å²) in [5.41, 5.74) is 0.263. The van der Waals surface area contributed by atoms with Gasteiger partial charge in [-0.1, -0.05) is 48.0 Å². The van der Waals surface area contributed by atoms with Crippen LogP contribution in [0, 0.1) is 16.7 Å². The SMILES string of the molecule is C=CCN1C(=O)C(CC#N)(C(C)(C)C=C)c2ccc(Br)cc21. The van der Waals surface area contributed by atoms with Gasteiger partial charge in [-0.2, -0.15) is 5.26 Å². The molecule has 1 aromatic rings. The van der Waals surface area contributed by atoms with Crippen molar-refractivity contribution in [1.82, 2.24) is 0 Å². The van der Waals surface area contributed by atoms with E-state index in [-0.39, 0.29) is 12.3 Å². The normalized spacial score (nSPS) is 20.5. The fraction of sp³-hybridized carbons (Fsp3) is 0.333. The summed E-state index contributed by atoms with van der Waals surface area (Å²) in [4.78, 5) is 14.9. The first-order valence-corrected chi connectivity index (χ1v) is 7.88. The molecule has 0 radical (unpaired) electrons. The van der Waals surface area contributed by atoms with E-state index in [1.54, 1.807) is 17.1 Å². The van der Waals surface area contributed by atoms with E-state index >= 15 is 0 Å². The highest BCUT2D eigenvalue weighted by atomic mass is 79.9. The zero-order valence-corrected chi connectivity index (χ0v) is 14.5. The molecule has 0 fully saturated rings. The van der Waals surface area contributed by atoms with E-state index in [9.17, 15) is 10.1 Å². The number of benzene rings is 1. The fourth-order valence-corrected chi connectivity index (χ4v) is 3.52. The lowest BCUT2D eigenvalue weighted by Crippen LogP contribution is -2.49. The number of carbonyl (C=O) groups is 1. The van der Waals surface area contributed by atoms with Gasteiger partial charge in [0.25, 0.3) is 0 Å². The van der Waals surface area contributed by atoms with Crippen LogP contribution in [0.3, 0.4) is 0 Å². The predicted octanol–water partition coefficient (Wildman–Crippen LogP) is 4.35. The Bertz CT molecular complexity index is 687. The minimum Gasteiger partial charge on any atom is -0.307 e. The Labute approximate surface area is 140 Å². The minimum atomic E-state index is -0.914. The van der Waals surface area contributed by atoms with Gasteiger partial charge in [-0.3, -0.25) is 4.79 Å². The van der Waals surface area contributed by atoms with Gasteiger partial charge >= 0.3 is 0 Å². The molecule has 1 aromatic carbocycles. The number of rotatable bonds is 5. The highest BCUT2D eigenvalue weighted by Gasteiger charge is 2.58. The quantitative estimate of drug-likeness (QED) is 0.734. The van der Waals surface area contributed by atoms with Gasteiger partial charge in [-0.25, -0.2) is 0 Å². The second-order valence-electron chi connectivity index (χ2n) is 6.03. The summed E-state index contributed by atoms with van der Waals surface area (Å²) in [6.45, 7) is 12.0. The number of hydrogen-bond acceptors (Lipinski definition) is 2. The van der Waals surface area contributed by atoms with Crippen molar-refractivity contribution in [1.29, 1.82) is 5.26 Å². The summed E-state index contributed by atoms with van der Waals surface area (Å²) in [5, 5.41) is 9.38. The van der Waals surface area contributed by atoms with Crippen molar-refractivity contribution in [2.75, 3.05) is 11.4 Å². The molecule has 4 heteroatoms. The largest absolute Gasteiger partial charge is 0.307 e. The van der Waals surface area contributed by atoms with Crippen LogP contribution in [0.1, 0.15) is 25.8 Å². The number of hydrogen-bond donors (Lipinski definition) is 0. The minimum absolute atomic E-state index is 0.0630. The summed E-state index contributed by atoms with van der Waals surface area (Å²) in [5.74, 6) is -0.0630. The molecule has 1 unspecified atom stereocenters. The molecule has 1 aliphatic heterocycles. The smallest absolute Gasteiger partial charge is 0.239 e. The van der Waals surface area contributed by atoms with Crippen molar-refractivity contribution in [2.45, 2.75) is 25.7 Å². The first-order valence-electron chi connectivity index (χ1n) is 7.09. The molecule has 0 spiro atoms. The zero-order valence-electron chi connectivity index (χ0n) is 12.9. The van der Waals surface area contributed by atoms with Crippen molar-refractivity contribution >= 4 is 27.5 Å². The first-order chi connectivity index (χ1) is 10.4. The number of fused-ring (bicyclic) bond motifs is 1. The number of allylic oxidation sites excluding steroid dienone is 1. The monoisotopic (exact) mass is 358 g/mol. The Kier molecular flexibility index (Phi) is 4.30. The lowest BCUT2D eigenvalue weighted by Gasteiger charge is -2.39. The third-order valence-electron chi connectivity index (χ3n) is 4.59. The highest BCUT2D eigenvalue weighted by molar-refractivity contribution is 9.10. The number of carbonyl (C=O) groups excluding carboxylic acids is 1. The number of anilines is 1. The van der Waals surface area contributed by atoms with Crippen molar-refractivity contribution < 1.29 is 4.79 Å². The van der Waals surface area contributed by atoms with E-state index in [4.69, 9.17) is 0 Å². The number of nitriles is 1. The molecule has 0 N–H and O–H groups in total. The van der Waals surface area contributed by atoms with Gasteiger partial charge in [0.05, 0.1) is 17.9 Å². The zero-order chi connectivity index (χ0) is 16.5. The molecular weight excluding hydrogens is 340 g/mol. The van der Waals surface area contributed by atoms with E-state index in [0.29, 0.717) is 6.54 Å². The maximum absolute atomic E-state index is 13.2. The van der Waals surface area contributed by atoms with Crippen LogP contribution < -0.4 is 4.90 Å². The van der Waals surface area contributed by atoms with Crippen LogP contribution in [0.2, 0.25) is 0 Å². The number of halogens is 1. The summed E-state index contributed by atoms with van der Waals surface area (Å²) >= 11 is 3.46. The van der Waals surface area contributed by atoms with E-state index in [1.807, 2.05) is 32.0 Å². The van der Waals surface area contributed by atoms with Crippen LogP contribution in [-0.4, -0.2) is 12.5 Å². The van der Waals surface area contributed by atoms with Gasteiger partial charge in [-0.05, 0) is 17.7 Å². The standard InChI is InChI=1S/C18H19BrN2O/c1-5-11-21-15-12-13(19)7-8-14(15)18(9-10-20,16(21)22)17(3,4)6-2/h5-8,12H,1-2,9,11H2,3-4H3. The van der Waals surface area contributed by atoms with Crippen molar-refractivity contribution in [2.24, 2.45) is 5.41 Å². The topological polar surface area (TPSA) is 44.1 Å². The Morgan fingerprint density at radius 2 is 2.14 bits per heavy atom. The summed E-state index contributed by atoms with van der Waals surface area (Å²) < 4.78 is 0.900. The Hall–Kier alpha value is -1.86. The molecule has 1 atom stereocenters. The second-order valence-corrected chi connectivity index (χ2v) is 6.95. The molecule has 114 valence electrons. The van der Waals surface area contributed by atoms with Gasteiger partial charge in [0.2, 0.25) is 5.91 Å². The molecule has 0 aromatic heterocycles. The molecule has 0 saturated carbocycles. The third-order valence-corrected chi connectivity index (χ3v) is 5.08. The molecule has 0 bridgehead atoms. The van der Waals surface area contributed by atoms with Gasteiger partial charge in [0, 0.05) is 22.1 Å². The molecule has 1 heterocycles. The Morgan fingerprint density at radius 3 is 2.68 bits per heavy atom. The van der Waals surface area contributed by atoms with Crippen molar-refractivity contribution in [3.8, 4) is 6.07 Å². The lowest BCUT2D eigenvalue weighted by atomic mass is 9.60. The lowest BCUT2D eigenvalue weighted by molar-refractivity contribution is -0.126. The number of nitrogens with zero attached hydrogens (tertiary/aromatic N) is 2. The fourth-order valence-electron chi connectivity index (χ4n) is 3.17. The maximum atomic E-state index is 13.2. The van der Waals surface area contributed by atoms with Crippen molar-refractivity contribution in [3.05, 3.63) is 53.5 Å². The average molecular weight is 359 g/mol. The van der Waals surface area contributed by atoms with Gasteiger partial charge in [0.15, 0.2) is 0 Å². The molecule has 3 nitrogen and oxygen atoms in total. The van der Waals surface area contributed by atoms with Crippen molar-refractivity contribution in [3.63, 3.8) is 0 Å². The van der Waals surface area contributed by atoms with Gasteiger partial charge in [0.1, 0.15) is 0 Å². The van der Waals surface area contributed by atoms with Crippen LogP contribution in [0.4, 0.5) is 5.69 Å². The summed E-state index contributed by atoms with van der Waals surface area (Å²) in [7, 11) is 0. The van der Waals surface area contributed by atoms with Gasteiger partial charge in [-0.15, -0.1) is 13.2 Å². The molecule has 0 saturated heterocycles.